The van der Waals surface area contributed by atoms with Crippen LogP contribution in [0, 0.1) is 0 Å². The van der Waals surface area contributed by atoms with Crippen LogP contribution in [-0.2, 0) is 40.1 Å². The van der Waals surface area contributed by atoms with E-state index in [1.54, 1.807) is 12.1 Å². The minimum absolute atomic E-state index is 0.278. The summed E-state index contributed by atoms with van der Waals surface area (Å²) in [5.41, 5.74) is 4.27. The number of aryl methyl sites for hydroxylation is 1. The molecule has 1 heterocycles. The normalized spacial score (nSPS) is 13.0. The van der Waals surface area contributed by atoms with Crippen molar-refractivity contribution in [2.24, 2.45) is 0 Å². The van der Waals surface area contributed by atoms with Gasteiger partial charge < -0.3 is 15.4 Å². The Kier molecular flexibility index (Phi) is 10.6. The van der Waals surface area contributed by atoms with Gasteiger partial charge in [-0.2, -0.15) is 0 Å². The molecule has 0 aliphatic rings. The SMILES string of the molecule is CCc1nc([C@H](Cc2ccc(NS(=O)O)cc2)NC(=O)[C@H](Cc2ccccc2)NC(=O)OC)sc1-c1ccccc1. The zero-order valence-electron chi connectivity index (χ0n) is 22.7. The minimum atomic E-state index is -2.18. The van der Waals surface area contributed by atoms with E-state index >= 15 is 0 Å². The first-order valence-corrected chi connectivity index (χ1v) is 15.0. The summed E-state index contributed by atoms with van der Waals surface area (Å²) in [5, 5.41) is 6.53. The molecule has 0 radical (unpaired) electrons. The molecule has 0 spiro atoms. The highest BCUT2D eigenvalue weighted by atomic mass is 32.2. The van der Waals surface area contributed by atoms with E-state index in [1.165, 1.54) is 18.4 Å². The molecule has 0 aliphatic carbocycles. The lowest BCUT2D eigenvalue weighted by Crippen LogP contribution is -2.49. The number of amides is 2. The van der Waals surface area contributed by atoms with Crippen LogP contribution in [0.25, 0.3) is 10.4 Å². The topological polar surface area (TPSA) is 130 Å². The van der Waals surface area contributed by atoms with Gasteiger partial charge in [-0.15, -0.1) is 11.3 Å². The van der Waals surface area contributed by atoms with Gasteiger partial charge in [-0.25, -0.2) is 14.0 Å². The molecule has 3 aromatic carbocycles. The lowest BCUT2D eigenvalue weighted by molar-refractivity contribution is -0.123. The Balaban J connectivity index is 1.66. The monoisotopic (exact) mass is 592 g/mol. The average Bonchev–Trinajstić information content (AvgIpc) is 3.42. The number of carbonyl (C=O) groups excluding carboxylic acids is 2. The summed E-state index contributed by atoms with van der Waals surface area (Å²) < 4.78 is 27.5. The van der Waals surface area contributed by atoms with Crippen molar-refractivity contribution < 1.29 is 23.1 Å². The predicted octanol–water partition coefficient (Wildman–Crippen LogP) is 5.29. The molecule has 4 rings (SSSR count). The largest absolute Gasteiger partial charge is 0.453 e. The Morgan fingerprint density at radius 1 is 0.927 bits per heavy atom. The average molecular weight is 593 g/mol. The Labute approximate surface area is 245 Å². The Morgan fingerprint density at radius 2 is 1.56 bits per heavy atom. The molecule has 1 aromatic heterocycles. The molecule has 4 aromatic rings. The highest BCUT2D eigenvalue weighted by Gasteiger charge is 2.27. The van der Waals surface area contributed by atoms with Gasteiger partial charge in [-0.3, -0.25) is 14.1 Å². The summed E-state index contributed by atoms with van der Waals surface area (Å²) in [5.74, 6) is -0.368. The second-order valence-corrected chi connectivity index (χ2v) is 11.0. The van der Waals surface area contributed by atoms with Crippen LogP contribution in [0.4, 0.5) is 10.5 Å². The number of rotatable bonds is 12. The van der Waals surface area contributed by atoms with Gasteiger partial charge in [0.05, 0.1) is 23.7 Å². The molecule has 3 atom stereocenters. The maximum atomic E-state index is 13.7. The van der Waals surface area contributed by atoms with E-state index in [1.807, 2.05) is 79.7 Å². The molecule has 0 aliphatic heterocycles. The molecule has 2 amide bonds. The maximum Gasteiger partial charge on any atom is 0.407 e. The van der Waals surface area contributed by atoms with E-state index in [9.17, 15) is 13.8 Å². The van der Waals surface area contributed by atoms with Crippen molar-refractivity contribution in [2.45, 2.75) is 38.3 Å². The van der Waals surface area contributed by atoms with Crippen molar-refractivity contribution in [2.75, 3.05) is 11.8 Å². The van der Waals surface area contributed by atoms with Gasteiger partial charge in [-0.05, 0) is 41.7 Å². The molecular formula is C30H32N4O5S2. The van der Waals surface area contributed by atoms with E-state index in [-0.39, 0.29) is 12.3 Å². The highest BCUT2D eigenvalue weighted by molar-refractivity contribution is 7.80. The van der Waals surface area contributed by atoms with E-state index < -0.39 is 29.4 Å². The first-order valence-electron chi connectivity index (χ1n) is 13.1. The van der Waals surface area contributed by atoms with Crippen molar-refractivity contribution in [3.8, 4) is 10.4 Å². The summed E-state index contributed by atoms with van der Waals surface area (Å²) in [6.45, 7) is 2.05. The van der Waals surface area contributed by atoms with Crippen LogP contribution in [0.1, 0.15) is 34.8 Å². The van der Waals surface area contributed by atoms with Crippen LogP contribution < -0.4 is 15.4 Å². The molecule has 4 N–H and O–H groups in total. The van der Waals surface area contributed by atoms with Gasteiger partial charge in [0, 0.05) is 12.1 Å². The van der Waals surface area contributed by atoms with Crippen molar-refractivity contribution in [3.63, 3.8) is 0 Å². The molecule has 0 saturated carbocycles. The standard InChI is InChI=1S/C30H32N4O5S2/c1-3-24-27(22-12-8-5-9-13-22)40-29(32-24)26(19-21-14-16-23(17-15-21)34-41(37)38)31-28(35)25(33-30(36)39-2)18-20-10-6-4-7-11-20/h4-17,25-26,34H,3,18-19H2,1-2H3,(H,31,35)(H,33,36)(H,37,38)/t25-,26-/m0/s1. The van der Waals surface area contributed by atoms with Gasteiger partial charge in [0.15, 0.2) is 0 Å². The lowest BCUT2D eigenvalue weighted by atomic mass is 10.0. The number of alkyl carbamates (subject to hydrolysis) is 1. The molecular weight excluding hydrogens is 560 g/mol. The lowest BCUT2D eigenvalue weighted by Gasteiger charge is -2.22. The quantitative estimate of drug-likeness (QED) is 0.166. The number of nitrogens with zero attached hydrogens (tertiary/aromatic N) is 1. The van der Waals surface area contributed by atoms with Crippen molar-refractivity contribution in [1.29, 1.82) is 0 Å². The van der Waals surface area contributed by atoms with E-state index in [0.717, 1.165) is 38.7 Å². The number of hydrogen-bond donors (Lipinski definition) is 4. The Bertz CT molecular complexity index is 1460. The third-order valence-electron chi connectivity index (χ3n) is 6.37. The summed E-state index contributed by atoms with van der Waals surface area (Å²) >= 11 is -0.650. The molecule has 0 fully saturated rings. The van der Waals surface area contributed by atoms with Crippen LogP contribution in [0.5, 0.6) is 0 Å². The van der Waals surface area contributed by atoms with Crippen LogP contribution >= 0.6 is 11.3 Å². The third kappa shape index (κ3) is 8.46. The summed E-state index contributed by atoms with van der Waals surface area (Å²) in [4.78, 5) is 31.8. The number of nitrogens with one attached hydrogen (secondary N) is 3. The highest BCUT2D eigenvalue weighted by Crippen LogP contribution is 2.34. The number of ether oxygens (including phenoxy) is 1. The Hall–Kier alpha value is -4.06. The summed E-state index contributed by atoms with van der Waals surface area (Å²) in [7, 11) is 1.26. The number of carbonyl (C=O) groups is 2. The zero-order valence-corrected chi connectivity index (χ0v) is 24.3. The zero-order chi connectivity index (χ0) is 29.2. The van der Waals surface area contributed by atoms with Crippen molar-refractivity contribution in [3.05, 3.63) is 107 Å². The minimum Gasteiger partial charge on any atom is -0.453 e. The van der Waals surface area contributed by atoms with Crippen molar-refractivity contribution in [1.82, 2.24) is 15.6 Å². The fraction of sp³-hybridized carbons (Fsp3) is 0.233. The maximum absolute atomic E-state index is 13.7. The molecule has 9 nitrogen and oxygen atoms in total. The number of thiazole rings is 1. The fourth-order valence-electron chi connectivity index (χ4n) is 4.35. The number of aromatic nitrogens is 1. The molecule has 0 bridgehead atoms. The van der Waals surface area contributed by atoms with Gasteiger partial charge in [0.2, 0.25) is 5.91 Å². The smallest absolute Gasteiger partial charge is 0.407 e. The molecule has 214 valence electrons. The summed E-state index contributed by atoms with van der Waals surface area (Å²) in [6.07, 6.45) is 0.715. The van der Waals surface area contributed by atoms with Crippen LogP contribution in [0.3, 0.4) is 0 Å². The number of hydrogen-bond acceptors (Lipinski definition) is 6. The van der Waals surface area contributed by atoms with Crippen LogP contribution in [-0.4, -0.2) is 38.9 Å². The van der Waals surface area contributed by atoms with Gasteiger partial charge in [0.25, 0.3) is 11.3 Å². The first-order chi connectivity index (χ1) is 19.9. The molecule has 11 heteroatoms. The molecule has 41 heavy (non-hydrogen) atoms. The van der Waals surface area contributed by atoms with Gasteiger partial charge in [-0.1, -0.05) is 79.7 Å². The third-order valence-corrected chi connectivity index (χ3v) is 8.05. The number of benzene rings is 3. The van der Waals surface area contributed by atoms with E-state index in [2.05, 4.69) is 15.4 Å². The van der Waals surface area contributed by atoms with Crippen molar-refractivity contribution >= 4 is 40.3 Å². The van der Waals surface area contributed by atoms with Gasteiger partial charge >= 0.3 is 6.09 Å². The Morgan fingerprint density at radius 3 is 2.17 bits per heavy atom. The van der Waals surface area contributed by atoms with Gasteiger partial charge in [0.1, 0.15) is 11.0 Å². The second-order valence-electron chi connectivity index (χ2n) is 9.24. The first kappa shape index (κ1) is 29.9. The second kappa shape index (κ2) is 14.5. The van der Waals surface area contributed by atoms with Crippen LogP contribution in [0.2, 0.25) is 0 Å². The number of methoxy groups -OCH3 is 1. The fourth-order valence-corrected chi connectivity index (χ4v) is 5.90. The van der Waals surface area contributed by atoms with E-state index in [0.29, 0.717) is 12.1 Å². The number of anilines is 1. The van der Waals surface area contributed by atoms with Crippen LogP contribution in [0.15, 0.2) is 84.9 Å². The molecule has 0 saturated heterocycles. The molecule has 1 unspecified atom stereocenters. The summed E-state index contributed by atoms with van der Waals surface area (Å²) in [6, 6.07) is 25.1. The predicted molar refractivity (Wildman–Crippen MR) is 162 cm³/mol. The van der Waals surface area contributed by atoms with E-state index in [4.69, 9.17) is 14.3 Å².